The molecule has 111 valence electrons. The van der Waals surface area contributed by atoms with Gasteiger partial charge in [0.2, 0.25) is 0 Å². The van der Waals surface area contributed by atoms with Gasteiger partial charge in [0.15, 0.2) is 0 Å². The Morgan fingerprint density at radius 3 is 1.32 bits per heavy atom. The molecule has 0 aliphatic rings. The van der Waals surface area contributed by atoms with Crippen molar-refractivity contribution in [1.29, 1.82) is 0 Å². The van der Waals surface area contributed by atoms with Crippen LogP contribution < -0.4 is 0 Å². The van der Waals surface area contributed by atoms with E-state index < -0.39 is 33.8 Å². The number of alkyl halides is 9. The summed E-state index contributed by atoms with van der Waals surface area (Å²) >= 11 is 0. The zero-order valence-electron chi connectivity index (χ0n) is 8.48. The first-order chi connectivity index (χ1) is 7.46. The van der Waals surface area contributed by atoms with Gasteiger partial charge in [-0.25, -0.2) is 4.74 Å². The first kappa shape index (κ1) is 21.5. The van der Waals surface area contributed by atoms with Crippen molar-refractivity contribution >= 4 is 39.7 Å². The van der Waals surface area contributed by atoms with Crippen molar-refractivity contribution in [2.24, 2.45) is 0 Å². The summed E-state index contributed by atoms with van der Waals surface area (Å²) in [5, 5.41) is -6.70. The summed E-state index contributed by atoms with van der Waals surface area (Å²) in [5.41, 5.74) is 0. The van der Waals surface area contributed by atoms with E-state index in [-0.39, 0.29) is 29.6 Å². The first-order valence-electron chi connectivity index (χ1n) is 3.33. The number of ether oxygens (including phenoxy) is 1. The molecule has 0 amide bonds. The Balaban J connectivity index is 0. The van der Waals surface area contributed by atoms with Crippen molar-refractivity contribution < 1.29 is 57.2 Å². The predicted molar refractivity (Wildman–Crippen MR) is 39.3 cm³/mol. The van der Waals surface area contributed by atoms with Crippen molar-refractivity contribution in [3.05, 3.63) is 0 Å². The molecule has 0 saturated carbocycles. The third kappa shape index (κ3) is 4.35. The van der Waals surface area contributed by atoms with Gasteiger partial charge in [0.1, 0.15) is 0 Å². The van der Waals surface area contributed by atoms with E-state index in [9.17, 15) is 47.9 Å². The van der Waals surface area contributed by atoms with Gasteiger partial charge in [0.05, 0.1) is 0 Å². The molecule has 0 aromatic heterocycles. The normalized spacial score (nSPS) is 15.1. The standard InChI is InChI=1S/C4HF9O4S.Na/c5-1(6,7)2(8,9)17-3(10,11)4(12,13)18(14,15)16;/h(H,14,15,16);. The van der Waals surface area contributed by atoms with Crippen LogP contribution in [0.3, 0.4) is 0 Å². The Morgan fingerprint density at radius 1 is 0.789 bits per heavy atom. The van der Waals surface area contributed by atoms with E-state index >= 15 is 0 Å². The average molecular weight is 339 g/mol. The summed E-state index contributed by atoms with van der Waals surface area (Å²) in [5.74, 6) is 0. The molecule has 0 rings (SSSR count). The van der Waals surface area contributed by atoms with Gasteiger partial charge >= 0.3 is 33.8 Å². The maximum Gasteiger partial charge on any atom is 0.483 e. The monoisotopic (exact) mass is 339 g/mol. The third-order valence-corrected chi connectivity index (χ3v) is 2.13. The number of halogens is 9. The minimum absolute atomic E-state index is 0. The van der Waals surface area contributed by atoms with Crippen LogP contribution in [0.2, 0.25) is 0 Å². The molecule has 0 aliphatic carbocycles. The molecule has 0 fully saturated rings. The molecule has 0 spiro atoms. The van der Waals surface area contributed by atoms with Crippen molar-refractivity contribution in [3.8, 4) is 0 Å². The van der Waals surface area contributed by atoms with Crippen LogP contribution in [-0.2, 0) is 14.9 Å². The zero-order chi connectivity index (χ0) is 15.2. The van der Waals surface area contributed by atoms with E-state index in [2.05, 4.69) is 0 Å². The Hall–Kier alpha value is 0.240. The van der Waals surface area contributed by atoms with Crippen LogP contribution in [0.5, 0.6) is 0 Å². The average Bonchev–Trinajstić information content (AvgIpc) is 1.96. The van der Waals surface area contributed by atoms with Crippen LogP contribution in [0, 0.1) is 0 Å². The molecule has 0 heterocycles. The van der Waals surface area contributed by atoms with Gasteiger partial charge in [-0.1, -0.05) is 0 Å². The molecule has 1 radical (unpaired) electrons. The molecule has 1 N–H and O–H groups in total. The minimum atomic E-state index is -6.99. The summed E-state index contributed by atoms with van der Waals surface area (Å²) in [7, 11) is -6.99. The maximum absolute atomic E-state index is 12.2. The number of hydrogen-bond acceptors (Lipinski definition) is 3. The van der Waals surface area contributed by atoms with Gasteiger partial charge in [0.25, 0.3) is 0 Å². The molecule has 4 nitrogen and oxygen atoms in total. The number of hydrogen-bond donors (Lipinski definition) is 1. The summed E-state index contributed by atoms with van der Waals surface area (Å²) in [4.78, 5) is 0. The van der Waals surface area contributed by atoms with Gasteiger partial charge in [-0.05, 0) is 0 Å². The van der Waals surface area contributed by atoms with Crippen LogP contribution in [0.25, 0.3) is 0 Å². The number of rotatable bonds is 4. The molecule has 0 aliphatic heterocycles. The third-order valence-electron chi connectivity index (χ3n) is 1.25. The molecule has 15 heteroatoms. The summed E-state index contributed by atoms with van der Waals surface area (Å²) in [6.07, 6.45) is -20.4. The van der Waals surface area contributed by atoms with Crippen LogP contribution in [-0.4, -0.2) is 66.2 Å². The quantitative estimate of drug-likeness (QED) is 0.482. The summed E-state index contributed by atoms with van der Waals surface area (Å²) in [6.45, 7) is 0. The zero-order valence-corrected chi connectivity index (χ0v) is 11.3. The fourth-order valence-electron chi connectivity index (χ4n) is 0.428. The molecule has 0 atom stereocenters. The van der Waals surface area contributed by atoms with E-state index in [0.29, 0.717) is 0 Å². The Kier molecular flexibility index (Phi) is 6.30. The van der Waals surface area contributed by atoms with E-state index in [4.69, 9.17) is 4.55 Å². The van der Waals surface area contributed by atoms with Gasteiger partial charge < -0.3 is 0 Å². The fourth-order valence-corrected chi connectivity index (χ4v) is 0.770. The second-order valence-corrected chi connectivity index (χ2v) is 4.09. The largest absolute Gasteiger partial charge is 0.483 e. The second-order valence-electron chi connectivity index (χ2n) is 2.63. The van der Waals surface area contributed by atoms with Gasteiger partial charge in [0, 0.05) is 29.6 Å². The van der Waals surface area contributed by atoms with Gasteiger partial charge in [-0.3, -0.25) is 4.55 Å². The summed E-state index contributed by atoms with van der Waals surface area (Å²) in [6, 6.07) is 0. The van der Waals surface area contributed by atoms with Gasteiger partial charge in [-0.15, -0.1) is 0 Å². The van der Waals surface area contributed by atoms with Crippen molar-refractivity contribution in [2.75, 3.05) is 0 Å². The van der Waals surface area contributed by atoms with Crippen molar-refractivity contribution in [2.45, 2.75) is 23.6 Å². The van der Waals surface area contributed by atoms with Crippen LogP contribution in [0.15, 0.2) is 0 Å². The van der Waals surface area contributed by atoms with Crippen molar-refractivity contribution in [1.82, 2.24) is 0 Å². The SMILES string of the molecule is O=S(=O)(O)C(F)(F)C(F)(F)OC(F)(F)C(F)(F)F.[Na]. The topological polar surface area (TPSA) is 63.6 Å². The molecule has 0 unspecified atom stereocenters. The Labute approximate surface area is 120 Å². The molecule has 0 aromatic rings. The molecule has 0 aromatic carbocycles. The maximum atomic E-state index is 12.2. The molecular formula is C4HF9NaO4S. The molecular weight excluding hydrogens is 338 g/mol. The van der Waals surface area contributed by atoms with E-state index in [0.717, 1.165) is 0 Å². The minimum Gasteiger partial charge on any atom is -0.281 e. The van der Waals surface area contributed by atoms with Gasteiger partial charge in [-0.2, -0.15) is 47.9 Å². The fraction of sp³-hybridized carbons (Fsp3) is 1.00. The molecule has 0 saturated heterocycles. The van der Waals surface area contributed by atoms with E-state index in [1.165, 1.54) is 4.74 Å². The smallest absolute Gasteiger partial charge is 0.281 e. The van der Waals surface area contributed by atoms with Crippen LogP contribution >= 0.6 is 0 Å². The van der Waals surface area contributed by atoms with E-state index in [1.54, 1.807) is 0 Å². The first-order valence-corrected chi connectivity index (χ1v) is 4.77. The summed E-state index contributed by atoms with van der Waals surface area (Å²) < 4.78 is 135. The second kappa shape index (κ2) is 5.55. The Morgan fingerprint density at radius 2 is 1.11 bits per heavy atom. The Bertz CT molecular complexity index is 414. The van der Waals surface area contributed by atoms with Crippen LogP contribution in [0.4, 0.5) is 39.5 Å². The van der Waals surface area contributed by atoms with Crippen LogP contribution in [0.1, 0.15) is 0 Å². The molecule has 0 bridgehead atoms. The predicted octanol–water partition coefficient (Wildman–Crippen LogP) is 1.85. The van der Waals surface area contributed by atoms with Crippen molar-refractivity contribution in [3.63, 3.8) is 0 Å². The molecule has 19 heavy (non-hydrogen) atoms. The van der Waals surface area contributed by atoms with E-state index in [1.807, 2.05) is 0 Å².